The molecule has 4 aliphatic carbocycles. The van der Waals surface area contributed by atoms with Crippen LogP contribution in [0.1, 0.15) is 51.9 Å². The van der Waals surface area contributed by atoms with Gasteiger partial charge in [0.15, 0.2) is 0 Å². The van der Waals surface area contributed by atoms with Gasteiger partial charge in [0.05, 0.1) is 18.1 Å². The first-order valence-corrected chi connectivity index (χ1v) is 9.07. The lowest BCUT2D eigenvalue weighted by atomic mass is 9.43. The smallest absolute Gasteiger partial charge is 0.306 e. The molecule has 4 saturated carbocycles. The lowest BCUT2D eigenvalue weighted by molar-refractivity contribution is -0.184. The van der Waals surface area contributed by atoms with Crippen molar-refractivity contribution in [1.82, 2.24) is 0 Å². The molecule has 4 nitrogen and oxygen atoms in total. The molecule has 23 heavy (non-hydrogen) atoms. The molecule has 0 aromatic rings. The van der Waals surface area contributed by atoms with E-state index < -0.39 is 24.1 Å². The lowest BCUT2D eigenvalue weighted by Gasteiger charge is -2.62. The van der Waals surface area contributed by atoms with E-state index in [0.717, 1.165) is 37.7 Å². The van der Waals surface area contributed by atoms with E-state index in [2.05, 4.69) is 13.5 Å². The van der Waals surface area contributed by atoms with Gasteiger partial charge in [0.2, 0.25) is 0 Å². The summed E-state index contributed by atoms with van der Waals surface area (Å²) in [7, 11) is 0. The molecule has 0 radical (unpaired) electrons. The number of aliphatic hydroxyl groups excluding tert-OH is 2. The average molecular weight is 320 g/mol. The first-order valence-electron chi connectivity index (χ1n) is 9.07. The predicted molar refractivity (Wildman–Crippen MR) is 85.6 cm³/mol. The van der Waals surface area contributed by atoms with Crippen molar-refractivity contribution >= 4 is 5.97 Å². The molecule has 0 saturated heterocycles. The number of aliphatic carboxylic acids is 1. The zero-order valence-corrected chi connectivity index (χ0v) is 13.9. The summed E-state index contributed by atoms with van der Waals surface area (Å²) in [6.07, 6.45) is 4.94. The third-order valence-electron chi connectivity index (χ3n) is 8.11. The van der Waals surface area contributed by atoms with Crippen LogP contribution in [0.25, 0.3) is 0 Å². The fourth-order valence-corrected chi connectivity index (χ4v) is 7.26. The summed E-state index contributed by atoms with van der Waals surface area (Å²) in [4.78, 5) is 11.8. The molecule has 2 bridgehead atoms. The number of aliphatic hydroxyl groups is 2. The van der Waals surface area contributed by atoms with Crippen LogP contribution in [0.4, 0.5) is 0 Å². The van der Waals surface area contributed by atoms with E-state index in [1.165, 1.54) is 0 Å². The van der Waals surface area contributed by atoms with Gasteiger partial charge in [0.1, 0.15) is 0 Å². The standard InChI is InChI=1S/C19H28O4/c1-10-11-3-4-15-18(2)9-12(20)7-13(17(22)23)14(18)5-6-19(15,8-11)16(10)21/h11-16,20-21H,1,3-9H2,2H3,(H,22,23). The molecule has 4 rings (SSSR count). The summed E-state index contributed by atoms with van der Waals surface area (Å²) in [5.41, 5.74) is 0.696. The van der Waals surface area contributed by atoms with Gasteiger partial charge in [-0.2, -0.15) is 0 Å². The maximum absolute atomic E-state index is 11.8. The van der Waals surface area contributed by atoms with E-state index >= 15 is 0 Å². The van der Waals surface area contributed by atoms with E-state index in [9.17, 15) is 20.1 Å². The Bertz CT molecular complexity index is 558. The Balaban J connectivity index is 1.76. The van der Waals surface area contributed by atoms with Crippen LogP contribution >= 0.6 is 0 Å². The summed E-state index contributed by atoms with van der Waals surface area (Å²) in [6, 6.07) is 0. The first-order chi connectivity index (χ1) is 10.8. The average Bonchev–Trinajstić information content (AvgIpc) is 2.66. The van der Waals surface area contributed by atoms with Crippen molar-refractivity contribution in [2.45, 2.75) is 64.1 Å². The second-order valence-corrected chi connectivity index (χ2v) is 8.93. The van der Waals surface area contributed by atoms with Gasteiger partial charge < -0.3 is 15.3 Å². The van der Waals surface area contributed by atoms with Crippen LogP contribution in [0.2, 0.25) is 0 Å². The van der Waals surface area contributed by atoms with Crippen molar-refractivity contribution in [1.29, 1.82) is 0 Å². The van der Waals surface area contributed by atoms with Gasteiger partial charge >= 0.3 is 5.97 Å². The highest BCUT2D eigenvalue weighted by Crippen LogP contribution is 2.70. The number of carboxylic acid groups (broad SMARTS) is 1. The van der Waals surface area contributed by atoms with Gasteiger partial charge in [0.25, 0.3) is 0 Å². The summed E-state index contributed by atoms with van der Waals surface area (Å²) in [5.74, 6) is -0.348. The monoisotopic (exact) mass is 320 g/mol. The van der Waals surface area contributed by atoms with Crippen molar-refractivity contribution < 1.29 is 20.1 Å². The maximum atomic E-state index is 11.8. The Hall–Kier alpha value is -0.870. The fourth-order valence-electron chi connectivity index (χ4n) is 7.26. The van der Waals surface area contributed by atoms with Crippen molar-refractivity contribution in [2.75, 3.05) is 0 Å². The van der Waals surface area contributed by atoms with E-state index in [1.54, 1.807) is 0 Å². The third-order valence-corrected chi connectivity index (χ3v) is 8.11. The summed E-state index contributed by atoms with van der Waals surface area (Å²) < 4.78 is 0. The molecule has 0 aliphatic heterocycles. The molecule has 1 spiro atoms. The molecule has 0 heterocycles. The van der Waals surface area contributed by atoms with Crippen LogP contribution in [-0.2, 0) is 4.79 Å². The molecule has 4 heteroatoms. The second kappa shape index (κ2) is 4.82. The second-order valence-electron chi connectivity index (χ2n) is 8.93. The fraction of sp³-hybridized carbons (Fsp3) is 0.842. The predicted octanol–water partition coefficient (Wildman–Crippen LogP) is 2.59. The minimum absolute atomic E-state index is 0.120. The SMILES string of the molecule is C=C1C2CCC3C4(C)CC(O)CC(C(=O)O)C4CCC3(C2)C1O. The molecule has 8 unspecified atom stereocenters. The van der Waals surface area contributed by atoms with Crippen molar-refractivity contribution in [2.24, 2.45) is 34.5 Å². The normalized spacial score (nSPS) is 55.2. The Kier molecular flexibility index (Phi) is 3.28. The van der Waals surface area contributed by atoms with Crippen LogP contribution < -0.4 is 0 Å². The van der Waals surface area contributed by atoms with E-state index in [0.29, 0.717) is 24.7 Å². The number of carbonyl (C=O) groups is 1. The topological polar surface area (TPSA) is 77.8 Å². The minimum atomic E-state index is -0.763. The number of rotatable bonds is 1. The van der Waals surface area contributed by atoms with Gasteiger partial charge in [-0.3, -0.25) is 4.79 Å². The largest absolute Gasteiger partial charge is 0.481 e. The Labute approximate surface area is 137 Å². The molecule has 0 aromatic carbocycles. The molecule has 4 fully saturated rings. The number of hydrogen-bond donors (Lipinski definition) is 3. The molecule has 128 valence electrons. The van der Waals surface area contributed by atoms with E-state index in [-0.39, 0.29) is 16.7 Å². The summed E-state index contributed by atoms with van der Waals surface area (Å²) >= 11 is 0. The molecule has 4 aliphatic rings. The highest BCUT2D eigenvalue weighted by atomic mass is 16.4. The maximum Gasteiger partial charge on any atom is 0.306 e. The highest BCUT2D eigenvalue weighted by Gasteiger charge is 2.66. The van der Waals surface area contributed by atoms with E-state index in [1.807, 2.05) is 0 Å². The van der Waals surface area contributed by atoms with Crippen LogP contribution in [-0.4, -0.2) is 33.5 Å². The van der Waals surface area contributed by atoms with Crippen molar-refractivity contribution in [3.05, 3.63) is 12.2 Å². The first kappa shape index (κ1) is 15.6. The lowest BCUT2D eigenvalue weighted by Crippen LogP contribution is -2.59. The third kappa shape index (κ3) is 1.88. The Morgan fingerprint density at radius 3 is 2.65 bits per heavy atom. The molecule has 0 aromatic heterocycles. The van der Waals surface area contributed by atoms with Crippen LogP contribution in [0.5, 0.6) is 0 Å². The molecular weight excluding hydrogens is 292 g/mol. The van der Waals surface area contributed by atoms with Crippen molar-refractivity contribution in [3.8, 4) is 0 Å². The van der Waals surface area contributed by atoms with Gasteiger partial charge in [-0.25, -0.2) is 0 Å². The summed E-state index contributed by atoms with van der Waals surface area (Å²) in [5, 5.41) is 30.9. The molecule has 0 amide bonds. The van der Waals surface area contributed by atoms with Gasteiger partial charge in [-0.1, -0.05) is 13.5 Å². The van der Waals surface area contributed by atoms with Crippen LogP contribution in [0, 0.1) is 34.5 Å². The van der Waals surface area contributed by atoms with Gasteiger partial charge in [0, 0.05) is 5.41 Å². The zero-order chi connectivity index (χ0) is 16.6. The van der Waals surface area contributed by atoms with Gasteiger partial charge in [-0.05, 0) is 73.7 Å². The molecule has 8 atom stereocenters. The Morgan fingerprint density at radius 2 is 1.96 bits per heavy atom. The van der Waals surface area contributed by atoms with Gasteiger partial charge in [-0.15, -0.1) is 0 Å². The molecule has 3 N–H and O–H groups in total. The van der Waals surface area contributed by atoms with Crippen LogP contribution in [0.15, 0.2) is 12.2 Å². The minimum Gasteiger partial charge on any atom is -0.481 e. The highest BCUT2D eigenvalue weighted by molar-refractivity contribution is 5.71. The van der Waals surface area contributed by atoms with Crippen LogP contribution in [0.3, 0.4) is 0 Å². The Morgan fingerprint density at radius 1 is 1.22 bits per heavy atom. The summed E-state index contributed by atoms with van der Waals surface area (Å²) in [6.45, 7) is 6.35. The quantitative estimate of drug-likeness (QED) is 0.649. The number of fused-ring (bicyclic) bond motifs is 3. The zero-order valence-electron chi connectivity index (χ0n) is 13.9. The number of hydrogen-bond acceptors (Lipinski definition) is 3. The van der Waals surface area contributed by atoms with E-state index in [4.69, 9.17) is 0 Å². The number of carboxylic acids is 1. The van der Waals surface area contributed by atoms with Crippen molar-refractivity contribution in [3.63, 3.8) is 0 Å². The molecular formula is C19H28O4.